The molecule has 1 atom stereocenters. The normalized spacial score (nSPS) is 17.6. The molecule has 7 heteroatoms. The molecule has 23 heavy (non-hydrogen) atoms. The minimum atomic E-state index is -0.399. The predicted molar refractivity (Wildman–Crippen MR) is 94.7 cm³/mol. The van der Waals surface area contributed by atoms with Crippen LogP contribution in [0, 0.1) is 17.0 Å². The number of amides is 1. The lowest BCUT2D eigenvalue weighted by molar-refractivity contribution is -0.385. The molecule has 0 saturated carbocycles. The molecule has 1 amide bonds. The Hall–Kier alpha value is -1.86. The Kier molecular flexibility index (Phi) is 4.41. The first-order valence-corrected chi connectivity index (χ1v) is 8.76. The average Bonchev–Trinajstić information content (AvgIpc) is 2.91. The summed E-state index contributed by atoms with van der Waals surface area (Å²) in [6.07, 6.45) is 0. The Balaban J connectivity index is 2.07. The van der Waals surface area contributed by atoms with E-state index in [9.17, 15) is 14.9 Å². The molecular formula is C16H13BrN2O3S. The monoisotopic (exact) mass is 392 g/mol. The topological polar surface area (TPSA) is 63.5 Å². The summed E-state index contributed by atoms with van der Waals surface area (Å²) < 4.78 is 0.961. The van der Waals surface area contributed by atoms with Gasteiger partial charge in [0.15, 0.2) is 0 Å². The molecular weight excluding hydrogens is 380 g/mol. The minimum Gasteiger partial charge on any atom is -0.295 e. The molecule has 0 aliphatic carbocycles. The zero-order chi connectivity index (χ0) is 16.6. The molecule has 1 unspecified atom stereocenters. The number of benzene rings is 2. The number of carbonyl (C=O) groups is 1. The molecule has 118 valence electrons. The summed E-state index contributed by atoms with van der Waals surface area (Å²) in [7, 11) is 0. The summed E-state index contributed by atoms with van der Waals surface area (Å²) in [6, 6.07) is 12.2. The van der Waals surface area contributed by atoms with Crippen LogP contribution in [-0.2, 0) is 4.79 Å². The molecule has 2 aromatic carbocycles. The third-order valence-corrected chi connectivity index (χ3v) is 5.77. The Labute approximate surface area is 146 Å². The van der Waals surface area contributed by atoms with Gasteiger partial charge < -0.3 is 0 Å². The van der Waals surface area contributed by atoms with Crippen molar-refractivity contribution in [1.29, 1.82) is 0 Å². The van der Waals surface area contributed by atoms with Crippen LogP contribution in [-0.4, -0.2) is 16.6 Å². The van der Waals surface area contributed by atoms with E-state index < -0.39 is 4.92 Å². The van der Waals surface area contributed by atoms with Gasteiger partial charge in [0.05, 0.1) is 16.2 Å². The molecule has 0 aromatic heterocycles. The molecule has 0 radical (unpaired) electrons. The van der Waals surface area contributed by atoms with Gasteiger partial charge in [-0.15, -0.1) is 11.8 Å². The molecule has 1 saturated heterocycles. The van der Waals surface area contributed by atoms with E-state index in [0.717, 1.165) is 15.7 Å². The smallest absolute Gasteiger partial charge is 0.275 e. The minimum absolute atomic E-state index is 0.0403. The number of thioether (sulfide) groups is 1. The van der Waals surface area contributed by atoms with Gasteiger partial charge in [0.1, 0.15) is 5.37 Å². The molecule has 1 aliphatic heterocycles. The molecule has 2 aromatic rings. The summed E-state index contributed by atoms with van der Waals surface area (Å²) in [6.45, 7) is 1.95. The number of carbonyl (C=O) groups excluding carboxylic acids is 1. The van der Waals surface area contributed by atoms with Gasteiger partial charge in [0, 0.05) is 16.2 Å². The highest BCUT2D eigenvalue weighted by molar-refractivity contribution is 9.10. The highest BCUT2D eigenvalue weighted by Crippen LogP contribution is 2.45. The van der Waals surface area contributed by atoms with E-state index >= 15 is 0 Å². The first-order valence-electron chi connectivity index (χ1n) is 6.92. The van der Waals surface area contributed by atoms with Crippen LogP contribution >= 0.6 is 27.7 Å². The fourth-order valence-corrected chi connectivity index (χ4v) is 4.03. The summed E-state index contributed by atoms with van der Waals surface area (Å²) in [5.74, 6) is 0.270. The van der Waals surface area contributed by atoms with E-state index in [2.05, 4.69) is 15.9 Å². The van der Waals surface area contributed by atoms with Crippen LogP contribution < -0.4 is 4.90 Å². The van der Waals surface area contributed by atoms with Crippen molar-refractivity contribution in [3.63, 3.8) is 0 Å². The Morgan fingerprint density at radius 2 is 2.04 bits per heavy atom. The highest BCUT2D eigenvalue weighted by atomic mass is 79.9. The van der Waals surface area contributed by atoms with Gasteiger partial charge in [-0.1, -0.05) is 28.1 Å². The highest BCUT2D eigenvalue weighted by Gasteiger charge is 2.37. The van der Waals surface area contributed by atoms with Crippen molar-refractivity contribution in [2.75, 3.05) is 10.7 Å². The second-order valence-electron chi connectivity index (χ2n) is 5.18. The van der Waals surface area contributed by atoms with Crippen LogP contribution in [0.2, 0.25) is 0 Å². The summed E-state index contributed by atoms with van der Waals surface area (Å²) in [4.78, 5) is 24.9. The van der Waals surface area contributed by atoms with Crippen molar-refractivity contribution >= 4 is 45.0 Å². The second kappa shape index (κ2) is 6.33. The van der Waals surface area contributed by atoms with E-state index in [1.807, 2.05) is 25.1 Å². The molecule has 1 fully saturated rings. The fraction of sp³-hybridized carbons (Fsp3) is 0.188. The number of hydrogen-bond donors (Lipinski definition) is 0. The molecule has 1 heterocycles. The van der Waals surface area contributed by atoms with Crippen LogP contribution in [0.1, 0.15) is 16.5 Å². The number of para-hydroxylation sites is 1. The van der Waals surface area contributed by atoms with Crippen molar-refractivity contribution < 1.29 is 9.72 Å². The van der Waals surface area contributed by atoms with Crippen LogP contribution in [0.25, 0.3) is 0 Å². The van der Waals surface area contributed by atoms with Gasteiger partial charge in [-0.2, -0.15) is 0 Å². The second-order valence-corrected chi connectivity index (χ2v) is 7.10. The maximum absolute atomic E-state index is 12.4. The third-order valence-electron chi connectivity index (χ3n) is 3.69. The van der Waals surface area contributed by atoms with Crippen LogP contribution in [0.3, 0.4) is 0 Å². The SMILES string of the molecule is Cc1cc(N2C(=O)CSC2c2ccccc2[N+](=O)[O-])ccc1Br. The predicted octanol–water partition coefficient (Wildman–Crippen LogP) is 4.44. The largest absolute Gasteiger partial charge is 0.295 e. The van der Waals surface area contributed by atoms with Gasteiger partial charge in [-0.3, -0.25) is 19.8 Å². The van der Waals surface area contributed by atoms with E-state index in [4.69, 9.17) is 0 Å². The summed E-state index contributed by atoms with van der Waals surface area (Å²) >= 11 is 4.85. The number of nitro benzene ring substituents is 1. The van der Waals surface area contributed by atoms with Gasteiger partial charge in [0.25, 0.3) is 5.69 Å². The molecule has 0 bridgehead atoms. The van der Waals surface area contributed by atoms with E-state index in [-0.39, 0.29) is 17.0 Å². The van der Waals surface area contributed by atoms with Crippen molar-refractivity contribution in [2.45, 2.75) is 12.3 Å². The molecule has 0 N–H and O–H groups in total. The van der Waals surface area contributed by atoms with E-state index in [1.165, 1.54) is 17.8 Å². The molecule has 0 spiro atoms. The maximum atomic E-state index is 12.4. The van der Waals surface area contributed by atoms with Crippen LogP contribution in [0.15, 0.2) is 46.9 Å². The van der Waals surface area contributed by atoms with E-state index in [1.54, 1.807) is 23.1 Å². The number of hydrogen-bond acceptors (Lipinski definition) is 4. The van der Waals surface area contributed by atoms with E-state index in [0.29, 0.717) is 11.3 Å². The van der Waals surface area contributed by atoms with Crippen molar-refractivity contribution in [3.05, 3.63) is 68.2 Å². The number of halogens is 1. The number of anilines is 1. The van der Waals surface area contributed by atoms with Gasteiger partial charge in [-0.05, 0) is 36.8 Å². The Morgan fingerprint density at radius 1 is 1.30 bits per heavy atom. The number of aryl methyl sites for hydroxylation is 1. The van der Waals surface area contributed by atoms with Crippen molar-refractivity contribution in [3.8, 4) is 0 Å². The quantitative estimate of drug-likeness (QED) is 0.571. The summed E-state index contributed by atoms with van der Waals surface area (Å²) in [5, 5.41) is 10.9. The van der Waals surface area contributed by atoms with Crippen LogP contribution in [0.5, 0.6) is 0 Å². The van der Waals surface area contributed by atoms with Crippen molar-refractivity contribution in [2.24, 2.45) is 0 Å². The molecule has 1 aliphatic rings. The van der Waals surface area contributed by atoms with Gasteiger partial charge in [0.2, 0.25) is 5.91 Å². The van der Waals surface area contributed by atoms with Crippen LogP contribution in [0.4, 0.5) is 11.4 Å². The first-order chi connectivity index (χ1) is 11.0. The maximum Gasteiger partial charge on any atom is 0.275 e. The Morgan fingerprint density at radius 3 is 2.74 bits per heavy atom. The first kappa shape index (κ1) is 16.0. The zero-order valence-electron chi connectivity index (χ0n) is 12.2. The third kappa shape index (κ3) is 2.98. The van der Waals surface area contributed by atoms with Gasteiger partial charge >= 0.3 is 0 Å². The zero-order valence-corrected chi connectivity index (χ0v) is 14.6. The summed E-state index contributed by atoms with van der Waals surface area (Å²) in [5.41, 5.74) is 2.35. The van der Waals surface area contributed by atoms with Gasteiger partial charge in [-0.25, -0.2) is 0 Å². The lowest BCUT2D eigenvalue weighted by Crippen LogP contribution is -2.28. The lowest BCUT2D eigenvalue weighted by Gasteiger charge is -2.24. The Bertz CT molecular complexity index is 797. The molecule has 5 nitrogen and oxygen atoms in total. The molecule has 3 rings (SSSR count). The number of nitrogens with zero attached hydrogens (tertiary/aromatic N) is 2. The number of nitro groups is 1. The van der Waals surface area contributed by atoms with Crippen molar-refractivity contribution in [1.82, 2.24) is 0 Å². The lowest BCUT2D eigenvalue weighted by atomic mass is 10.1. The standard InChI is InChI=1S/C16H13BrN2O3S/c1-10-8-11(6-7-13(10)17)18-15(20)9-23-16(18)12-4-2-3-5-14(12)19(21)22/h2-8,16H,9H2,1H3. The fourth-order valence-electron chi connectivity index (χ4n) is 2.57. The average molecular weight is 393 g/mol. The number of rotatable bonds is 3.